The van der Waals surface area contributed by atoms with Gasteiger partial charge >= 0.3 is 0 Å². The summed E-state index contributed by atoms with van der Waals surface area (Å²) in [6.45, 7) is 3.40. The molecule has 0 aliphatic heterocycles. The number of hydrogen-bond acceptors (Lipinski definition) is 4. The van der Waals surface area contributed by atoms with Gasteiger partial charge in [-0.1, -0.05) is 0 Å². The van der Waals surface area contributed by atoms with Crippen LogP contribution in [0.25, 0.3) is 0 Å². The Bertz CT molecular complexity index is 745. The Morgan fingerprint density at radius 1 is 1.45 bits per heavy atom. The first-order valence-corrected chi connectivity index (χ1v) is 7.44. The van der Waals surface area contributed by atoms with Crippen molar-refractivity contribution in [3.8, 4) is 6.07 Å². The summed E-state index contributed by atoms with van der Waals surface area (Å²) < 4.78 is 27.2. The Balaban J connectivity index is 2.29. The van der Waals surface area contributed by atoms with Gasteiger partial charge in [0.1, 0.15) is 0 Å². The van der Waals surface area contributed by atoms with Gasteiger partial charge in [-0.05, 0) is 37.6 Å². The van der Waals surface area contributed by atoms with E-state index in [9.17, 15) is 8.42 Å². The number of aryl methyl sites for hydroxylation is 1. The zero-order chi connectivity index (χ0) is 14.8. The van der Waals surface area contributed by atoms with Gasteiger partial charge in [-0.3, -0.25) is 5.10 Å². The molecule has 0 aliphatic carbocycles. The summed E-state index contributed by atoms with van der Waals surface area (Å²) in [5.41, 5.74) is 1.72. The average Bonchev–Trinajstić information content (AvgIpc) is 2.91. The molecule has 0 radical (unpaired) electrons. The topological polar surface area (TPSA) is 98.6 Å². The molecule has 1 heterocycles. The maximum atomic E-state index is 12.3. The Morgan fingerprint density at radius 3 is 2.75 bits per heavy atom. The molecule has 0 bridgehead atoms. The molecular weight excluding hydrogens is 276 g/mol. The molecule has 1 aromatic heterocycles. The van der Waals surface area contributed by atoms with Crippen LogP contribution in [0.5, 0.6) is 0 Å². The molecule has 0 saturated heterocycles. The van der Waals surface area contributed by atoms with E-state index in [1.807, 2.05) is 6.07 Å². The van der Waals surface area contributed by atoms with Crippen LogP contribution >= 0.6 is 0 Å². The van der Waals surface area contributed by atoms with Crippen molar-refractivity contribution in [3.05, 3.63) is 47.3 Å². The fourth-order valence-corrected chi connectivity index (χ4v) is 3.34. The molecule has 0 aliphatic rings. The third-order valence-corrected chi connectivity index (χ3v) is 4.65. The molecule has 104 valence electrons. The predicted molar refractivity (Wildman–Crippen MR) is 73.2 cm³/mol. The number of benzene rings is 1. The summed E-state index contributed by atoms with van der Waals surface area (Å²) >= 11 is 0. The molecule has 2 rings (SSSR count). The van der Waals surface area contributed by atoms with E-state index in [0.717, 1.165) is 5.56 Å². The summed E-state index contributed by atoms with van der Waals surface area (Å²) in [4.78, 5) is 0.173. The van der Waals surface area contributed by atoms with Crippen molar-refractivity contribution in [1.29, 1.82) is 5.26 Å². The van der Waals surface area contributed by atoms with Gasteiger partial charge in [0.25, 0.3) is 0 Å². The summed E-state index contributed by atoms with van der Waals surface area (Å²) in [6.07, 6.45) is 3.21. The summed E-state index contributed by atoms with van der Waals surface area (Å²) in [6, 6.07) is 6.07. The fourth-order valence-electron chi connectivity index (χ4n) is 1.88. The standard InChI is InChI=1S/C13H14N4O2S/c1-9-5-11(6-14)3-4-13(9)20(18,19)17-10(2)12-7-15-16-8-12/h3-5,7-8,10,17H,1-2H3,(H,15,16). The Kier molecular flexibility index (Phi) is 3.88. The Hall–Kier alpha value is -2.17. The van der Waals surface area contributed by atoms with E-state index < -0.39 is 16.1 Å². The summed E-state index contributed by atoms with van der Waals surface area (Å²) in [5.74, 6) is 0. The molecule has 1 aromatic carbocycles. The van der Waals surface area contributed by atoms with Crippen LogP contribution < -0.4 is 4.72 Å². The van der Waals surface area contributed by atoms with Crippen LogP contribution in [0.2, 0.25) is 0 Å². The molecule has 6 nitrogen and oxygen atoms in total. The van der Waals surface area contributed by atoms with Crippen LogP contribution in [0.1, 0.15) is 29.7 Å². The number of aromatic amines is 1. The number of nitriles is 1. The first-order valence-electron chi connectivity index (χ1n) is 5.96. The van der Waals surface area contributed by atoms with Gasteiger partial charge in [-0.25, -0.2) is 13.1 Å². The smallest absolute Gasteiger partial charge is 0.241 e. The van der Waals surface area contributed by atoms with Crippen LogP contribution in [0.4, 0.5) is 0 Å². The van der Waals surface area contributed by atoms with Gasteiger partial charge in [0.05, 0.1) is 22.7 Å². The van der Waals surface area contributed by atoms with Crippen LogP contribution in [0, 0.1) is 18.3 Å². The second kappa shape index (κ2) is 5.45. The van der Waals surface area contributed by atoms with Gasteiger partial charge in [-0.2, -0.15) is 10.4 Å². The van der Waals surface area contributed by atoms with Crippen LogP contribution in [0.15, 0.2) is 35.5 Å². The molecule has 20 heavy (non-hydrogen) atoms. The normalized spacial score (nSPS) is 12.8. The summed E-state index contributed by atoms with van der Waals surface area (Å²) in [5, 5.41) is 15.2. The highest BCUT2D eigenvalue weighted by atomic mass is 32.2. The van der Waals surface area contributed by atoms with Gasteiger partial charge in [-0.15, -0.1) is 0 Å². The Labute approximate surface area is 117 Å². The van der Waals surface area contributed by atoms with E-state index in [1.165, 1.54) is 12.1 Å². The average molecular weight is 290 g/mol. The van der Waals surface area contributed by atoms with E-state index in [-0.39, 0.29) is 4.90 Å². The minimum atomic E-state index is -3.64. The van der Waals surface area contributed by atoms with Crippen LogP contribution in [-0.4, -0.2) is 18.6 Å². The Morgan fingerprint density at radius 2 is 2.20 bits per heavy atom. The number of nitrogens with one attached hydrogen (secondary N) is 2. The molecule has 2 aromatic rings. The lowest BCUT2D eigenvalue weighted by Gasteiger charge is -2.14. The monoisotopic (exact) mass is 290 g/mol. The molecule has 0 spiro atoms. The lowest BCUT2D eigenvalue weighted by atomic mass is 10.2. The molecule has 0 saturated carbocycles. The highest BCUT2D eigenvalue weighted by Crippen LogP contribution is 2.19. The third-order valence-electron chi connectivity index (χ3n) is 2.94. The zero-order valence-electron chi connectivity index (χ0n) is 11.1. The SMILES string of the molecule is Cc1cc(C#N)ccc1S(=O)(=O)NC(C)c1cn[nH]c1. The van der Waals surface area contributed by atoms with Crippen molar-refractivity contribution in [2.75, 3.05) is 0 Å². The van der Waals surface area contributed by atoms with E-state index >= 15 is 0 Å². The molecule has 2 N–H and O–H groups in total. The summed E-state index contributed by atoms with van der Waals surface area (Å²) in [7, 11) is -3.64. The predicted octanol–water partition coefficient (Wildman–Crippen LogP) is 1.63. The lowest BCUT2D eigenvalue weighted by molar-refractivity contribution is 0.566. The fraction of sp³-hybridized carbons (Fsp3) is 0.231. The number of H-pyrrole nitrogens is 1. The van der Waals surface area contributed by atoms with Crippen molar-refractivity contribution in [3.63, 3.8) is 0 Å². The van der Waals surface area contributed by atoms with E-state index in [2.05, 4.69) is 14.9 Å². The minimum absolute atomic E-state index is 0.173. The van der Waals surface area contributed by atoms with Crippen molar-refractivity contribution < 1.29 is 8.42 Å². The first kappa shape index (κ1) is 14.2. The van der Waals surface area contributed by atoms with Crippen molar-refractivity contribution in [2.45, 2.75) is 24.8 Å². The van der Waals surface area contributed by atoms with Gasteiger partial charge in [0.15, 0.2) is 0 Å². The first-order chi connectivity index (χ1) is 9.44. The van der Waals surface area contributed by atoms with Crippen molar-refractivity contribution in [1.82, 2.24) is 14.9 Å². The molecule has 0 fully saturated rings. The maximum Gasteiger partial charge on any atom is 0.241 e. The second-order valence-corrected chi connectivity index (χ2v) is 6.15. The molecule has 7 heteroatoms. The van der Waals surface area contributed by atoms with Gasteiger partial charge < -0.3 is 0 Å². The molecular formula is C13H14N4O2S. The number of rotatable bonds is 4. The van der Waals surface area contributed by atoms with E-state index in [0.29, 0.717) is 11.1 Å². The van der Waals surface area contributed by atoms with Gasteiger partial charge in [0, 0.05) is 17.8 Å². The van der Waals surface area contributed by atoms with Crippen molar-refractivity contribution in [2.24, 2.45) is 0 Å². The third kappa shape index (κ3) is 2.87. The van der Waals surface area contributed by atoms with Crippen LogP contribution in [0.3, 0.4) is 0 Å². The zero-order valence-corrected chi connectivity index (χ0v) is 11.9. The molecule has 0 amide bonds. The second-order valence-electron chi connectivity index (χ2n) is 4.47. The number of hydrogen-bond donors (Lipinski definition) is 2. The number of nitrogens with zero attached hydrogens (tertiary/aromatic N) is 2. The van der Waals surface area contributed by atoms with E-state index in [4.69, 9.17) is 5.26 Å². The van der Waals surface area contributed by atoms with Crippen molar-refractivity contribution >= 4 is 10.0 Å². The largest absolute Gasteiger partial charge is 0.285 e. The maximum absolute atomic E-state index is 12.3. The number of sulfonamides is 1. The van der Waals surface area contributed by atoms with E-state index in [1.54, 1.807) is 32.3 Å². The highest BCUT2D eigenvalue weighted by molar-refractivity contribution is 7.89. The lowest BCUT2D eigenvalue weighted by Crippen LogP contribution is -2.27. The molecule has 1 atom stereocenters. The highest BCUT2D eigenvalue weighted by Gasteiger charge is 2.20. The van der Waals surface area contributed by atoms with Crippen LogP contribution in [-0.2, 0) is 10.0 Å². The quantitative estimate of drug-likeness (QED) is 0.894. The number of aromatic nitrogens is 2. The molecule has 1 unspecified atom stereocenters. The van der Waals surface area contributed by atoms with Gasteiger partial charge in [0.2, 0.25) is 10.0 Å². The minimum Gasteiger partial charge on any atom is -0.285 e.